The monoisotopic (exact) mass is 425 g/mol. The molecule has 0 aliphatic carbocycles. The third kappa shape index (κ3) is 5.63. The summed E-state index contributed by atoms with van der Waals surface area (Å²) in [7, 11) is 0. The van der Waals surface area contributed by atoms with Crippen LogP contribution < -0.4 is 4.74 Å². The van der Waals surface area contributed by atoms with Gasteiger partial charge >= 0.3 is 6.09 Å². The highest BCUT2D eigenvalue weighted by molar-refractivity contribution is 9.10. The molecule has 3 unspecified atom stereocenters. The highest BCUT2D eigenvalue weighted by Crippen LogP contribution is 2.37. The fourth-order valence-electron chi connectivity index (χ4n) is 3.88. The second-order valence-electron chi connectivity index (χ2n) is 8.81. The smallest absolute Gasteiger partial charge is 0.407 e. The van der Waals surface area contributed by atoms with Crippen molar-refractivity contribution in [2.75, 3.05) is 13.2 Å². The molecule has 4 nitrogen and oxygen atoms in total. The SMILES string of the molecule is Cc1cc(OCC(C)CC2CCN(C(=O)O)C(C(C)(C)C)C2)ccc1Br. The van der Waals surface area contributed by atoms with Gasteiger partial charge in [0.15, 0.2) is 0 Å². The summed E-state index contributed by atoms with van der Waals surface area (Å²) in [5.41, 5.74) is 1.13. The molecule has 2 rings (SSSR count). The topological polar surface area (TPSA) is 49.8 Å². The Labute approximate surface area is 166 Å². The van der Waals surface area contributed by atoms with E-state index >= 15 is 0 Å². The first-order chi connectivity index (χ1) is 12.1. The fraction of sp³-hybridized carbons (Fsp3) is 0.667. The van der Waals surface area contributed by atoms with Crippen LogP contribution in [0.4, 0.5) is 4.79 Å². The van der Waals surface area contributed by atoms with Crippen LogP contribution in [-0.2, 0) is 0 Å². The average Bonchev–Trinajstić information content (AvgIpc) is 2.55. The third-order valence-electron chi connectivity index (χ3n) is 5.36. The minimum Gasteiger partial charge on any atom is -0.493 e. The van der Waals surface area contributed by atoms with E-state index in [-0.39, 0.29) is 11.5 Å². The molecular formula is C21H32BrNO3. The van der Waals surface area contributed by atoms with Crippen molar-refractivity contribution >= 4 is 22.0 Å². The molecule has 5 heteroatoms. The first-order valence-corrected chi connectivity index (χ1v) is 10.3. The van der Waals surface area contributed by atoms with Gasteiger partial charge in [-0.1, -0.05) is 43.6 Å². The average molecular weight is 426 g/mol. The molecule has 0 radical (unpaired) electrons. The number of nitrogens with zero attached hydrogens (tertiary/aromatic N) is 1. The molecule has 0 aromatic heterocycles. The van der Waals surface area contributed by atoms with Gasteiger partial charge < -0.3 is 14.7 Å². The van der Waals surface area contributed by atoms with Crippen LogP contribution >= 0.6 is 15.9 Å². The molecule has 146 valence electrons. The van der Waals surface area contributed by atoms with Gasteiger partial charge in [-0.3, -0.25) is 0 Å². The summed E-state index contributed by atoms with van der Waals surface area (Å²) in [6.45, 7) is 12.0. The number of piperidine rings is 1. The van der Waals surface area contributed by atoms with Crippen LogP contribution in [0.15, 0.2) is 22.7 Å². The quantitative estimate of drug-likeness (QED) is 0.631. The molecule has 0 saturated carbocycles. The van der Waals surface area contributed by atoms with Gasteiger partial charge in [0.2, 0.25) is 0 Å². The predicted molar refractivity (Wildman–Crippen MR) is 109 cm³/mol. The lowest BCUT2D eigenvalue weighted by Gasteiger charge is -2.45. The Hall–Kier alpha value is -1.23. The predicted octanol–water partition coefficient (Wildman–Crippen LogP) is 5.97. The zero-order valence-corrected chi connectivity index (χ0v) is 18.2. The fourth-order valence-corrected chi connectivity index (χ4v) is 4.13. The number of benzene rings is 1. The minimum atomic E-state index is -0.787. The largest absolute Gasteiger partial charge is 0.493 e. The van der Waals surface area contributed by atoms with Crippen molar-refractivity contribution in [3.63, 3.8) is 0 Å². The Kier molecular flexibility index (Phi) is 7.00. The van der Waals surface area contributed by atoms with Crippen LogP contribution in [0.3, 0.4) is 0 Å². The Bertz CT molecular complexity index is 626. The number of carbonyl (C=O) groups is 1. The van der Waals surface area contributed by atoms with Gasteiger partial charge in [-0.15, -0.1) is 0 Å². The van der Waals surface area contributed by atoms with Gasteiger partial charge in [0.1, 0.15) is 5.75 Å². The number of likely N-dealkylation sites (tertiary alicyclic amines) is 1. The van der Waals surface area contributed by atoms with E-state index in [4.69, 9.17) is 4.74 Å². The zero-order chi connectivity index (χ0) is 19.5. The molecule has 1 aromatic carbocycles. The summed E-state index contributed by atoms with van der Waals surface area (Å²) in [4.78, 5) is 13.2. The van der Waals surface area contributed by atoms with Crippen molar-refractivity contribution in [1.29, 1.82) is 0 Å². The van der Waals surface area contributed by atoms with Gasteiger partial charge in [-0.2, -0.15) is 0 Å². The molecule has 1 fully saturated rings. The van der Waals surface area contributed by atoms with Gasteiger partial charge in [-0.05, 0) is 67.2 Å². The third-order valence-corrected chi connectivity index (χ3v) is 6.25. The van der Waals surface area contributed by atoms with Crippen molar-refractivity contribution < 1.29 is 14.6 Å². The molecule has 3 atom stereocenters. The van der Waals surface area contributed by atoms with Crippen molar-refractivity contribution in [3.8, 4) is 5.75 Å². The molecular weight excluding hydrogens is 394 g/mol. The molecule has 0 bridgehead atoms. The first-order valence-electron chi connectivity index (χ1n) is 9.46. The van der Waals surface area contributed by atoms with E-state index in [0.717, 1.165) is 29.5 Å². The van der Waals surface area contributed by atoms with E-state index in [2.05, 4.69) is 56.6 Å². The van der Waals surface area contributed by atoms with Crippen molar-refractivity contribution in [3.05, 3.63) is 28.2 Å². The number of carboxylic acid groups (broad SMARTS) is 1. The number of amides is 1. The highest BCUT2D eigenvalue weighted by atomic mass is 79.9. The molecule has 0 spiro atoms. The first kappa shape index (κ1) is 21.1. The van der Waals surface area contributed by atoms with Crippen LogP contribution in [0.2, 0.25) is 0 Å². The van der Waals surface area contributed by atoms with Crippen LogP contribution in [0.25, 0.3) is 0 Å². The molecule has 26 heavy (non-hydrogen) atoms. The second kappa shape index (κ2) is 8.64. The number of hydrogen-bond donors (Lipinski definition) is 1. The normalized spacial score (nSPS) is 22.2. The standard InChI is InChI=1S/C21H32BrNO3/c1-14(13-26-17-6-7-18(22)15(2)11-17)10-16-8-9-23(20(24)25)19(12-16)21(3,4)5/h6-7,11,14,16,19H,8-10,12-13H2,1-5H3,(H,24,25). The van der Waals surface area contributed by atoms with E-state index < -0.39 is 6.09 Å². The molecule has 1 N–H and O–H groups in total. The number of aryl methyl sites for hydroxylation is 1. The van der Waals surface area contributed by atoms with Crippen LogP contribution in [0.5, 0.6) is 5.75 Å². The van der Waals surface area contributed by atoms with Gasteiger partial charge in [-0.25, -0.2) is 4.79 Å². The maximum absolute atomic E-state index is 11.6. The van der Waals surface area contributed by atoms with E-state index in [1.165, 1.54) is 5.56 Å². The van der Waals surface area contributed by atoms with E-state index in [0.29, 0.717) is 25.0 Å². The van der Waals surface area contributed by atoms with E-state index in [1.54, 1.807) is 4.90 Å². The summed E-state index contributed by atoms with van der Waals surface area (Å²) in [6, 6.07) is 6.15. The van der Waals surface area contributed by atoms with Crippen molar-refractivity contribution in [2.45, 2.75) is 59.9 Å². The van der Waals surface area contributed by atoms with E-state index in [1.807, 2.05) is 12.1 Å². The molecule has 1 heterocycles. The molecule has 1 saturated heterocycles. The Balaban J connectivity index is 1.89. The molecule has 1 aliphatic heterocycles. The number of ether oxygens (including phenoxy) is 1. The number of rotatable bonds is 5. The lowest BCUT2D eigenvalue weighted by Crippen LogP contribution is -2.51. The van der Waals surface area contributed by atoms with Gasteiger partial charge in [0.25, 0.3) is 0 Å². The van der Waals surface area contributed by atoms with Gasteiger partial charge in [0, 0.05) is 17.1 Å². The number of hydrogen-bond acceptors (Lipinski definition) is 2. The summed E-state index contributed by atoms with van der Waals surface area (Å²) in [5.74, 6) is 1.91. The Morgan fingerprint density at radius 2 is 2.12 bits per heavy atom. The maximum Gasteiger partial charge on any atom is 0.407 e. The zero-order valence-electron chi connectivity index (χ0n) is 16.6. The lowest BCUT2D eigenvalue weighted by molar-refractivity contribution is 0.0346. The van der Waals surface area contributed by atoms with Crippen molar-refractivity contribution in [1.82, 2.24) is 4.90 Å². The minimum absolute atomic E-state index is 0.0360. The van der Waals surface area contributed by atoms with Crippen molar-refractivity contribution in [2.24, 2.45) is 17.3 Å². The summed E-state index contributed by atoms with van der Waals surface area (Å²) >= 11 is 3.51. The Morgan fingerprint density at radius 1 is 1.42 bits per heavy atom. The molecule has 1 amide bonds. The molecule has 1 aliphatic rings. The Morgan fingerprint density at radius 3 is 2.69 bits per heavy atom. The van der Waals surface area contributed by atoms with E-state index in [9.17, 15) is 9.90 Å². The highest BCUT2D eigenvalue weighted by Gasteiger charge is 2.38. The van der Waals surface area contributed by atoms with Gasteiger partial charge in [0.05, 0.1) is 6.61 Å². The molecule has 1 aromatic rings. The summed E-state index contributed by atoms with van der Waals surface area (Å²) in [6.07, 6.45) is 2.18. The lowest BCUT2D eigenvalue weighted by atomic mass is 9.75. The van der Waals surface area contributed by atoms with Crippen LogP contribution in [0.1, 0.15) is 52.5 Å². The summed E-state index contributed by atoms with van der Waals surface area (Å²) in [5, 5.41) is 9.49. The number of halogens is 1. The summed E-state index contributed by atoms with van der Waals surface area (Å²) < 4.78 is 7.07. The van der Waals surface area contributed by atoms with Crippen LogP contribution in [-0.4, -0.2) is 35.3 Å². The second-order valence-corrected chi connectivity index (χ2v) is 9.67. The van der Waals surface area contributed by atoms with Crippen LogP contribution in [0, 0.1) is 24.2 Å². The maximum atomic E-state index is 11.6.